The molecule has 1 heterocycles. The van der Waals surface area contributed by atoms with Crippen LogP contribution in [0.4, 0.5) is 5.00 Å². The van der Waals surface area contributed by atoms with E-state index in [1.54, 1.807) is 13.8 Å². The van der Waals surface area contributed by atoms with E-state index in [4.69, 9.17) is 9.47 Å². The monoisotopic (exact) mass is 442 g/mol. The van der Waals surface area contributed by atoms with E-state index >= 15 is 0 Å². The van der Waals surface area contributed by atoms with Gasteiger partial charge in [-0.15, -0.1) is 11.3 Å². The fraction of sp³-hybridized carbons (Fsp3) is 0.526. The molecule has 0 bridgehead atoms. The lowest BCUT2D eigenvalue weighted by molar-refractivity contribution is -0.154. The van der Waals surface area contributed by atoms with Crippen LogP contribution in [0, 0.1) is 6.92 Å². The summed E-state index contributed by atoms with van der Waals surface area (Å²) in [6.07, 6.45) is 0.229. The number of methoxy groups -OCH3 is 1. The number of nitrogens with one attached hydrogen (secondary N) is 2. The summed E-state index contributed by atoms with van der Waals surface area (Å²) in [6, 6.07) is -1.28. The lowest BCUT2D eigenvalue weighted by Gasteiger charge is -2.15. The quantitative estimate of drug-likeness (QED) is 0.409. The normalized spacial score (nSPS) is 11.2. The van der Waals surface area contributed by atoms with E-state index in [2.05, 4.69) is 15.4 Å². The molecule has 166 valence electrons. The van der Waals surface area contributed by atoms with Gasteiger partial charge in [0.05, 0.1) is 25.7 Å². The van der Waals surface area contributed by atoms with Crippen LogP contribution in [-0.4, -0.2) is 56.1 Å². The van der Waals surface area contributed by atoms with Crippen molar-refractivity contribution in [2.75, 3.05) is 25.6 Å². The number of thiophene rings is 1. The third-order valence-electron chi connectivity index (χ3n) is 3.91. The molecule has 1 aromatic rings. The number of carbonyl (C=O) groups excluding carboxylic acids is 5. The molecule has 2 N–H and O–H groups in total. The van der Waals surface area contributed by atoms with Gasteiger partial charge in [-0.1, -0.05) is 6.92 Å². The zero-order chi connectivity index (χ0) is 22.8. The Balaban J connectivity index is 2.84. The van der Waals surface area contributed by atoms with Crippen LogP contribution in [0.25, 0.3) is 0 Å². The summed E-state index contributed by atoms with van der Waals surface area (Å²) < 4.78 is 14.4. The molecule has 2 amide bonds. The van der Waals surface area contributed by atoms with Crippen LogP contribution in [0.3, 0.4) is 0 Å². The Kier molecular flexibility index (Phi) is 9.96. The van der Waals surface area contributed by atoms with Crippen molar-refractivity contribution >= 4 is 46.1 Å². The summed E-state index contributed by atoms with van der Waals surface area (Å²) >= 11 is 1.24. The van der Waals surface area contributed by atoms with Crippen LogP contribution in [0.1, 0.15) is 48.0 Å². The Morgan fingerprint density at radius 2 is 1.77 bits per heavy atom. The Hall–Kier alpha value is -2.95. The van der Waals surface area contributed by atoms with Crippen molar-refractivity contribution in [3.8, 4) is 0 Å². The fourth-order valence-corrected chi connectivity index (χ4v) is 3.67. The number of rotatable bonds is 10. The van der Waals surface area contributed by atoms with Gasteiger partial charge in [0.2, 0.25) is 5.91 Å². The molecule has 1 atom stereocenters. The molecule has 11 heteroatoms. The molecule has 0 saturated carbocycles. The smallest absolute Gasteiger partial charge is 0.341 e. The van der Waals surface area contributed by atoms with E-state index in [1.165, 1.54) is 18.3 Å². The molecule has 0 aliphatic heterocycles. The summed E-state index contributed by atoms with van der Waals surface area (Å²) in [7, 11) is 1.14. The summed E-state index contributed by atoms with van der Waals surface area (Å²) in [4.78, 5) is 60.2. The van der Waals surface area contributed by atoms with Crippen LogP contribution in [0.15, 0.2) is 0 Å². The maximum absolute atomic E-state index is 12.3. The van der Waals surface area contributed by atoms with Crippen LogP contribution in [-0.2, 0) is 39.8 Å². The minimum absolute atomic E-state index is 0.186. The number of esters is 3. The minimum atomic E-state index is -1.28. The van der Waals surface area contributed by atoms with Gasteiger partial charge in [-0.3, -0.25) is 14.4 Å². The average molecular weight is 442 g/mol. The van der Waals surface area contributed by atoms with E-state index in [0.29, 0.717) is 11.4 Å². The zero-order valence-electron chi connectivity index (χ0n) is 17.6. The molecular formula is C19H26N2O8S. The predicted molar refractivity (Wildman–Crippen MR) is 108 cm³/mol. The lowest BCUT2D eigenvalue weighted by Crippen LogP contribution is -2.43. The highest BCUT2D eigenvalue weighted by atomic mass is 32.1. The average Bonchev–Trinajstić information content (AvgIpc) is 3.00. The van der Waals surface area contributed by atoms with Crippen LogP contribution in [0.5, 0.6) is 0 Å². The molecule has 0 spiro atoms. The standard InChI is InChI=1S/C19H26N2O8S/c1-6-13-10(3)16(19(26)28-7-2)17(30-13)21-14(23)9-29-18(25)12(20-11(4)22)8-15(24)27-5/h12H,6-9H2,1-5H3,(H,20,22)(H,21,23)/t12-/m0/s1. The zero-order valence-corrected chi connectivity index (χ0v) is 18.4. The first-order valence-corrected chi connectivity index (χ1v) is 10.1. The van der Waals surface area contributed by atoms with Gasteiger partial charge in [-0.05, 0) is 25.8 Å². The van der Waals surface area contributed by atoms with E-state index in [-0.39, 0.29) is 12.2 Å². The highest BCUT2D eigenvalue weighted by molar-refractivity contribution is 7.17. The van der Waals surface area contributed by atoms with Crippen LogP contribution >= 0.6 is 11.3 Å². The van der Waals surface area contributed by atoms with Crippen molar-refractivity contribution < 1.29 is 38.2 Å². The van der Waals surface area contributed by atoms with E-state index in [1.807, 2.05) is 6.92 Å². The second-order valence-corrected chi connectivity index (χ2v) is 7.22. The number of amides is 2. The number of anilines is 1. The SMILES string of the molecule is CCOC(=O)c1c(NC(=O)COC(=O)[C@H](CC(=O)OC)NC(C)=O)sc(CC)c1C. The number of carbonyl (C=O) groups is 5. The van der Waals surface area contributed by atoms with E-state index < -0.39 is 48.8 Å². The molecular weight excluding hydrogens is 416 g/mol. The highest BCUT2D eigenvalue weighted by Gasteiger charge is 2.27. The number of aryl methyl sites for hydroxylation is 1. The van der Waals surface area contributed by atoms with Gasteiger partial charge in [0.15, 0.2) is 6.61 Å². The van der Waals surface area contributed by atoms with E-state index in [9.17, 15) is 24.0 Å². The van der Waals surface area contributed by atoms with Crippen molar-refractivity contribution in [1.29, 1.82) is 0 Å². The van der Waals surface area contributed by atoms with Crippen LogP contribution in [0.2, 0.25) is 0 Å². The van der Waals surface area contributed by atoms with Gasteiger partial charge < -0.3 is 24.8 Å². The molecule has 1 rings (SSSR count). The van der Waals surface area contributed by atoms with Crippen molar-refractivity contribution in [3.05, 3.63) is 16.0 Å². The van der Waals surface area contributed by atoms with Gasteiger partial charge in [-0.2, -0.15) is 0 Å². The summed E-state index contributed by atoms with van der Waals surface area (Å²) in [5, 5.41) is 5.13. The lowest BCUT2D eigenvalue weighted by atomic mass is 10.1. The molecule has 0 aromatic carbocycles. The fourth-order valence-electron chi connectivity index (χ4n) is 2.52. The van der Waals surface area contributed by atoms with Crippen molar-refractivity contribution in [2.45, 2.75) is 46.6 Å². The number of hydrogen-bond donors (Lipinski definition) is 2. The molecule has 1 aromatic heterocycles. The maximum Gasteiger partial charge on any atom is 0.341 e. The molecule has 0 radical (unpaired) electrons. The van der Waals surface area contributed by atoms with E-state index in [0.717, 1.165) is 17.6 Å². The molecule has 30 heavy (non-hydrogen) atoms. The molecule has 0 saturated heterocycles. The third kappa shape index (κ3) is 7.14. The molecule has 0 fully saturated rings. The first-order valence-electron chi connectivity index (χ1n) is 9.24. The van der Waals surface area contributed by atoms with Gasteiger partial charge in [-0.25, -0.2) is 9.59 Å². The topological polar surface area (TPSA) is 137 Å². The van der Waals surface area contributed by atoms with Gasteiger partial charge in [0.1, 0.15) is 11.0 Å². The first-order chi connectivity index (χ1) is 14.1. The number of ether oxygens (including phenoxy) is 3. The van der Waals surface area contributed by atoms with Gasteiger partial charge >= 0.3 is 17.9 Å². The largest absolute Gasteiger partial charge is 0.469 e. The third-order valence-corrected chi connectivity index (χ3v) is 5.26. The van der Waals surface area contributed by atoms with Gasteiger partial charge in [0, 0.05) is 11.8 Å². The first kappa shape index (κ1) is 25.1. The second-order valence-electron chi connectivity index (χ2n) is 6.12. The number of hydrogen-bond acceptors (Lipinski definition) is 9. The molecule has 10 nitrogen and oxygen atoms in total. The summed E-state index contributed by atoms with van der Waals surface area (Å²) in [5.74, 6) is -3.48. The van der Waals surface area contributed by atoms with Gasteiger partial charge in [0.25, 0.3) is 5.91 Å². The van der Waals surface area contributed by atoms with Crippen molar-refractivity contribution in [1.82, 2.24) is 5.32 Å². The summed E-state index contributed by atoms with van der Waals surface area (Å²) in [5.41, 5.74) is 0.984. The predicted octanol–water partition coefficient (Wildman–Crippen LogP) is 1.35. The van der Waals surface area contributed by atoms with Crippen molar-refractivity contribution in [3.63, 3.8) is 0 Å². The molecule has 0 aliphatic carbocycles. The Labute approximate surface area is 178 Å². The Bertz CT molecular complexity index is 818. The second kappa shape index (κ2) is 11.9. The van der Waals surface area contributed by atoms with Crippen LogP contribution < -0.4 is 10.6 Å². The summed E-state index contributed by atoms with van der Waals surface area (Å²) in [6.45, 7) is 6.05. The maximum atomic E-state index is 12.3. The highest BCUT2D eigenvalue weighted by Crippen LogP contribution is 2.34. The Morgan fingerprint density at radius 3 is 2.30 bits per heavy atom. The van der Waals surface area contributed by atoms with Crippen molar-refractivity contribution in [2.24, 2.45) is 0 Å². The minimum Gasteiger partial charge on any atom is -0.469 e. The Morgan fingerprint density at radius 1 is 1.10 bits per heavy atom. The molecule has 0 aliphatic rings. The molecule has 0 unspecified atom stereocenters.